The van der Waals surface area contributed by atoms with Crippen LogP contribution in [0.2, 0.25) is 0 Å². The number of nitrogens with zero attached hydrogens (tertiary/aromatic N) is 3. The molecule has 1 aromatic heterocycles. The molecule has 1 aromatic rings. The molecule has 1 aliphatic carbocycles. The highest BCUT2D eigenvalue weighted by Gasteiger charge is 2.46. The summed E-state index contributed by atoms with van der Waals surface area (Å²) in [4.78, 5) is 45.8. The van der Waals surface area contributed by atoms with E-state index in [-0.39, 0.29) is 41.9 Å². The van der Waals surface area contributed by atoms with E-state index in [9.17, 15) is 14.4 Å². The zero-order valence-electron chi connectivity index (χ0n) is 18.2. The third kappa shape index (κ3) is 5.33. The largest absolute Gasteiger partial charge is 0.354 e. The predicted molar refractivity (Wildman–Crippen MR) is 115 cm³/mol. The predicted octanol–water partition coefficient (Wildman–Crippen LogP) is 0.469. The molecule has 31 heavy (non-hydrogen) atoms. The van der Waals surface area contributed by atoms with Gasteiger partial charge in [-0.1, -0.05) is 0 Å². The van der Waals surface area contributed by atoms with Crippen LogP contribution in [0.1, 0.15) is 38.7 Å². The maximum absolute atomic E-state index is 13.4. The molecule has 2 saturated heterocycles. The summed E-state index contributed by atoms with van der Waals surface area (Å²) >= 11 is 0. The first kappa shape index (κ1) is 21.5. The summed E-state index contributed by atoms with van der Waals surface area (Å²) in [7, 11) is 0. The van der Waals surface area contributed by atoms with Gasteiger partial charge in [0.05, 0.1) is 6.04 Å². The summed E-state index contributed by atoms with van der Waals surface area (Å²) in [5.41, 5.74) is 1.08. The Morgan fingerprint density at radius 1 is 1.19 bits per heavy atom. The summed E-state index contributed by atoms with van der Waals surface area (Å²) in [6.07, 6.45) is 6.10. The first-order valence-electron chi connectivity index (χ1n) is 11.2. The minimum Gasteiger partial charge on any atom is -0.354 e. The lowest BCUT2D eigenvalue weighted by atomic mass is 10.0. The van der Waals surface area contributed by atoms with Gasteiger partial charge in [-0.3, -0.25) is 19.5 Å². The number of amides is 4. The van der Waals surface area contributed by atoms with Crippen LogP contribution in [-0.2, 0) is 16.1 Å². The normalized spacial score (nSPS) is 26.0. The number of piperazine rings is 1. The van der Waals surface area contributed by atoms with Gasteiger partial charge in [-0.05, 0) is 50.8 Å². The summed E-state index contributed by atoms with van der Waals surface area (Å²) < 4.78 is 0. The van der Waals surface area contributed by atoms with Crippen LogP contribution in [0.3, 0.4) is 0 Å². The van der Waals surface area contributed by atoms with Gasteiger partial charge in [0.15, 0.2) is 0 Å². The molecule has 1 saturated carbocycles. The van der Waals surface area contributed by atoms with Gasteiger partial charge in [-0.2, -0.15) is 0 Å². The second kappa shape index (κ2) is 9.21. The van der Waals surface area contributed by atoms with Gasteiger partial charge in [0, 0.05) is 56.6 Å². The lowest BCUT2D eigenvalue weighted by molar-refractivity contribution is -0.144. The van der Waals surface area contributed by atoms with E-state index in [1.807, 2.05) is 30.9 Å². The van der Waals surface area contributed by atoms with Crippen LogP contribution in [0.4, 0.5) is 4.79 Å². The number of rotatable bonds is 7. The fraction of sp³-hybridized carbons (Fsp3) is 0.636. The number of hydrogen-bond acceptors (Lipinski definition) is 5. The smallest absolute Gasteiger partial charge is 0.315 e. The fourth-order valence-corrected chi connectivity index (χ4v) is 4.50. The van der Waals surface area contributed by atoms with Crippen LogP contribution in [0.25, 0.3) is 0 Å². The molecular formula is C22H32N6O3. The van der Waals surface area contributed by atoms with Gasteiger partial charge >= 0.3 is 6.03 Å². The number of carbonyl (C=O) groups excluding carboxylic acids is 3. The standard InChI is InChI=1S/C22H32N6O3/c1-14(2)25-22(31)26-17-9-18-13-27(11-15-5-7-23-8-6-15)19(21(30)28(18)12-17)10-24-20(29)16-3-4-16/h5-8,14,16-19H,3-4,9-13H2,1-2H3,(H,24,29)(H2,25,26,31)/t17-,18-,19-/m0/s1. The topological polar surface area (TPSA) is 107 Å². The van der Waals surface area contributed by atoms with Gasteiger partial charge in [0.1, 0.15) is 6.04 Å². The van der Waals surface area contributed by atoms with Crippen LogP contribution < -0.4 is 16.0 Å². The van der Waals surface area contributed by atoms with Crippen molar-refractivity contribution in [1.29, 1.82) is 0 Å². The van der Waals surface area contributed by atoms with Crippen molar-refractivity contribution in [2.45, 2.75) is 63.8 Å². The average Bonchev–Trinajstić information content (AvgIpc) is 3.49. The molecule has 3 aliphatic rings. The number of pyridine rings is 1. The Balaban J connectivity index is 1.44. The third-order valence-corrected chi connectivity index (χ3v) is 6.18. The molecule has 9 heteroatoms. The molecule has 0 aromatic carbocycles. The highest BCUT2D eigenvalue weighted by Crippen LogP contribution is 2.30. The summed E-state index contributed by atoms with van der Waals surface area (Å²) in [5.74, 6) is 0.181. The zero-order valence-corrected chi connectivity index (χ0v) is 18.2. The van der Waals surface area contributed by atoms with E-state index in [0.717, 1.165) is 24.8 Å². The van der Waals surface area contributed by atoms with Crippen molar-refractivity contribution in [2.75, 3.05) is 19.6 Å². The molecule has 3 fully saturated rings. The Morgan fingerprint density at radius 3 is 2.61 bits per heavy atom. The summed E-state index contributed by atoms with van der Waals surface area (Å²) in [5, 5.41) is 8.83. The molecule has 9 nitrogen and oxygen atoms in total. The van der Waals surface area contributed by atoms with Gasteiger partial charge < -0.3 is 20.9 Å². The van der Waals surface area contributed by atoms with E-state index in [0.29, 0.717) is 26.2 Å². The number of aromatic nitrogens is 1. The summed E-state index contributed by atoms with van der Waals surface area (Å²) in [6.45, 7) is 5.98. The molecule has 0 spiro atoms. The molecule has 0 bridgehead atoms. The third-order valence-electron chi connectivity index (χ3n) is 6.18. The molecule has 3 N–H and O–H groups in total. The first-order valence-corrected chi connectivity index (χ1v) is 11.2. The van der Waals surface area contributed by atoms with Crippen molar-refractivity contribution in [3.8, 4) is 0 Å². The maximum Gasteiger partial charge on any atom is 0.315 e. The molecule has 0 unspecified atom stereocenters. The quantitative estimate of drug-likeness (QED) is 0.585. The monoisotopic (exact) mass is 428 g/mol. The lowest BCUT2D eigenvalue weighted by Crippen LogP contribution is -2.62. The van der Waals surface area contributed by atoms with Gasteiger partial charge in [-0.25, -0.2) is 4.79 Å². The van der Waals surface area contributed by atoms with Crippen LogP contribution in [-0.4, -0.2) is 76.4 Å². The molecule has 4 rings (SSSR count). The lowest BCUT2D eigenvalue weighted by Gasteiger charge is -2.42. The Kier molecular flexibility index (Phi) is 6.41. The molecule has 4 amide bonds. The minimum absolute atomic E-state index is 0.0231. The van der Waals surface area contributed by atoms with Crippen molar-refractivity contribution in [1.82, 2.24) is 30.7 Å². The number of carbonyl (C=O) groups is 3. The molecule has 3 atom stereocenters. The number of urea groups is 1. The number of hydrogen-bond donors (Lipinski definition) is 3. The number of nitrogens with one attached hydrogen (secondary N) is 3. The Labute approximate surface area is 182 Å². The van der Waals surface area contributed by atoms with E-state index < -0.39 is 6.04 Å². The number of fused-ring (bicyclic) bond motifs is 1. The van der Waals surface area contributed by atoms with Crippen LogP contribution >= 0.6 is 0 Å². The van der Waals surface area contributed by atoms with E-state index >= 15 is 0 Å². The minimum atomic E-state index is -0.407. The molecule has 0 radical (unpaired) electrons. The zero-order chi connectivity index (χ0) is 22.0. The fourth-order valence-electron chi connectivity index (χ4n) is 4.50. The maximum atomic E-state index is 13.4. The van der Waals surface area contributed by atoms with Gasteiger partial charge in [0.2, 0.25) is 11.8 Å². The Hall–Kier alpha value is -2.68. The first-order chi connectivity index (χ1) is 14.9. The van der Waals surface area contributed by atoms with Crippen molar-refractivity contribution < 1.29 is 14.4 Å². The second-order valence-electron chi connectivity index (χ2n) is 9.17. The van der Waals surface area contributed by atoms with E-state index in [1.165, 1.54) is 0 Å². The van der Waals surface area contributed by atoms with Gasteiger partial charge in [0.25, 0.3) is 0 Å². The summed E-state index contributed by atoms with van der Waals surface area (Å²) in [6, 6.07) is 3.33. The second-order valence-corrected chi connectivity index (χ2v) is 9.17. The SMILES string of the molecule is CC(C)NC(=O)N[C@H]1C[C@H]2CN(Cc3ccncc3)[C@@H](CNC(=O)C3CC3)C(=O)N2C1. The van der Waals surface area contributed by atoms with Crippen molar-refractivity contribution in [2.24, 2.45) is 5.92 Å². The van der Waals surface area contributed by atoms with E-state index in [2.05, 4.69) is 25.8 Å². The Morgan fingerprint density at radius 2 is 1.94 bits per heavy atom. The van der Waals surface area contributed by atoms with Crippen molar-refractivity contribution in [3.05, 3.63) is 30.1 Å². The van der Waals surface area contributed by atoms with Crippen molar-refractivity contribution in [3.63, 3.8) is 0 Å². The molecular weight excluding hydrogens is 396 g/mol. The molecule has 3 heterocycles. The average molecular weight is 429 g/mol. The molecule has 2 aliphatic heterocycles. The van der Waals surface area contributed by atoms with Crippen LogP contribution in [0.5, 0.6) is 0 Å². The van der Waals surface area contributed by atoms with Gasteiger partial charge in [-0.15, -0.1) is 0 Å². The van der Waals surface area contributed by atoms with Crippen LogP contribution in [0.15, 0.2) is 24.5 Å². The van der Waals surface area contributed by atoms with E-state index in [4.69, 9.17) is 0 Å². The van der Waals surface area contributed by atoms with E-state index in [1.54, 1.807) is 12.4 Å². The Bertz CT molecular complexity index is 813. The van der Waals surface area contributed by atoms with Crippen LogP contribution in [0, 0.1) is 5.92 Å². The molecule has 168 valence electrons. The van der Waals surface area contributed by atoms with Crippen molar-refractivity contribution >= 4 is 17.8 Å². The highest BCUT2D eigenvalue weighted by molar-refractivity contribution is 5.86. The highest BCUT2D eigenvalue weighted by atomic mass is 16.2.